The van der Waals surface area contributed by atoms with Gasteiger partial charge in [0.25, 0.3) is 0 Å². The van der Waals surface area contributed by atoms with Gasteiger partial charge in [0, 0.05) is 47.4 Å². The highest BCUT2D eigenvalue weighted by Crippen LogP contribution is 2.38. The third kappa shape index (κ3) is 13.4. The number of aromatic amines is 2. The predicted octanol–water partition coefficient (Wildman–Crippen LogP) is 8.01. The largest absolute Gasteiger partial charge is 0.453 e. The number of H-pyrrole nitrogens is 2. The average Bonchev–Trinajstić information content (AvgIpc) is 4.12. The van der Waals surface area contributed by atoms with Gasteiger partial charge in [0.1, 0.15) is 11.7 Å². The monoisotopic (exact) mass is 848 g/mol. The summed E-state index contributed by atoms with van der Waals surface area (Å²) in [6, 6.07) is 21.5. The Morgan fingerprint density at radius 3 is 2.00 bits per heavy atom. The van der Waals surface area contributed by atoms with Crippen LogP contribution in [0.15, 0.2) is 91.8 Å². The van der Waals surface area contributed by atoms with Crippen molar-refractivity contribution in [2.24, 2.45) is 0 Å². The van der Waals surface area contributed by atoms with Gasteiger partial charge in [0.2, 0.25) is 17.7 Å². The van der Waals surface area contributed by atoms with Crippen LogP contribution in [0, 0.1) is 11.8 Å². The third-order valence-corrected chi connectivity index (χ3v) is 11.5. The zero-order valence-corrected chi connectivity index (χ0v) is 36.1. The number of rotatable bonds is 7. The lowest BCUT2D eigenvalue weighted by atomic mass is 10.1. The lowest BCUT2D eigenvalue weighted by Gasteiger charge is -2.23. The maximum absolute atomic E-state index is 12.5. The van der Waals surface area contributed by atoms with Crippen molar-refractivity contribution < 1.29 is 23.9 Å². The molecule has 15 heteroatoms. The van der Waals surface area contributed by atoms with Crippen molar-refractivity contribution in [2.75, 3.05) is 39.8 Å². The molecule has 60 heavy (non-hydrogen) atoms. The number of hydrogen-bond acceptors (Lipinski definition) is 9. The van der Waals surface area contributed by atoms with Crippen molar-refractivity contribution >= 4 is 55.9 Å². The molecule has 2 fully saturated rings. The van der Waals surface area contributed by atoms with Crippen LogP contribution >= 0.6 is 22.7 Å². The standard InChI is InChI=1S/C20H12N4S2.C14H18N2O3.C8H14N2O2.C3H8/c1-3-14(4-2-13(1)17-10-22-12-24-17)18-8-20-19(26-18)7-16(25-20)6-5-15-9-21-11-23-15;1-19-14(18)15-12(11-7-3-2-4-8-11)13(17)16-9-5-6-10-16;1-7(11)9-6-8(12)10-4-2-3-5-10;1-3-2/h1-4,7-12H,(H,21,23)(H,22,24);2-4,7-8,12H,5-6,9-10H2,1H3,(H,15,18);2-6H2,1H3,(H,9,11);3H2,1-2H3. The molecule has 0 bridgehead atoms. The molecule has 13 nitrogen and oxygen atoms in total. The van der Waals surface area contributed by atoms with E-state index in [0.717, 1.165) is 79.3 Å². The molecule has 6 heterocycles. The fourth-order valence-electron chi connectivity index (χ4n) is 6.23. The molecule has 1 unspecified atom stereocenters. The molecule has 1 atom stereocenters. The lowest BCUT2D eigenvalue weighted by Crippen LogP contribution is -2.41. The van der Waals surface area contributed by atoms with Crippen LogP contribution in [0.1, 0.15) is 75.1 Å². The number of nitrogens with zero attached hydrogens (tertiary/aromatic N) is 4. The summed E-state index contributed by atoms with van der Waals surface area (Å²) in [5.41, 5.74) is 5.00. The van der Waals surface area contributed by atoms with Crippen molar-refractivity contribution in [2.45, 2.75) is 58.9 Å². The maximum Gasteiger partial charge on any atom is 0.407 e. The number of likely N-dealkylation sites (tertiary alicyclic amines) is 2. The van der Waals surface area contributed by atoms with Gasteiger partial charge in [-0.1, -0.05) is 74.9 Å². The SMILES string of the molecule is C(#Cc1cc2sc(-c3ccc(-c4cnc[nH]4)cc3)cc2s1)c1cnc[nH]1.CC(=O)NCC(=O)N1CCCC1.CCC.COC(=O)NC(C(=O)N1CCCC1)c1ccccc1. The molecule has 6 aromatic rings. The molecular formula is C45H52N8O5S2. The summed E-state index contributed by atoms with van der Waals surface area (Å²) >= 11 is 3.53. The second-order valence-electron chi connectivity index (χ2n) is 13.9. The first kappa shape index (κ1) is 44.9. The topological polar surface area (TPSA) is 165 Å². The normalized spacial score (nSPS) is 13.3. The predicted molar refractivity (Wildman–Crippen MR) is 238 cm³/mol. The van der Waals surface area contributed by atoms with Gasteiger partial charge in [-0.3, -0.25) is 14.4 Å². The van der Waals surface area contributed by atoms with Crippen LogP contribution in [0.25, 0.3) is 31.1 Å². The minimum absolute atomic E-state index is 0.0303. The van der Waals surface area contributed by atoms with E-state index in [1.165, 1.54) is 40.3 Å². The van der Waals surface area contributed by atoms with E-state index < -0.39 is 12.1 Å². The summed E-state index contributed by atoms with van der Waals surface area (Å²) in [4.78, 5) is 65.7. The number of carbonyl (C=O) groups excluding carboxylic acids is 4. The molecule has 314 valence electrons. The van der Waals surface area contributed by atoms with E-state index in [1.54, 1.807) is 51.3 Å². The van der Waals surface area contributed by atoms with Gasteiger partial charge in [-0.2, -0.15) is 0 Å². The Labute approximate surface area is 359 Å². The molecule has 2 aliphatic heterocycles. The van der Waals surface area contributed by atoms with Gasteiger partial charge < -0.3 is 35.1 Å². The van der Waals surface area contributed by atoms with E-state index in [1.807, 2.05) is 36.5 Å². The van der Waals surface area contributed by atoms with Crippen molar-refractivity contribution in [3.63, 3.8) is 0 Å². The lowest BCUT2D eigenvalue weighted by molar-refractivity contribution is -0.132. The molecule has 2 aromatic carbocycles. The number of methoxy groups -OCH3 is 1. The number of hydrogen-bond donors (Lipinski definition) is 4. The number of alkyl carbamates (subject to hydrolysis) is 1. The Bertz CT molecular complexity index is 2270. The number of imidazole rings is 2. The Hall–Kier alpha value is -6.24. The van der Waals surface area contributed by atoms with Gasteiger partial charge in [-0.25, -0.2) is 14.8 Å². The molecule has 0 spiro atoms. The van der Waals surface area contributed by atoms with E-state index >= 15 is 0 Å². The van der Waals surface area contributed by atoms with Crippen molar-refractivity contribution in [3.8, 4) is 33.5 Å². The van der Waals surface area contributed by atoms with E-state index in [9.17, 15) is 19.2 Å². The van der Waals surface area contributed by atoms with E-state index in [2.05, 4.69) is 97.4 Å². The Morgan fingerprint density at radius 2 is 1.42 bits per heavy atom. The fraction of sp³-hybridized carbons (Fsp3) is 0.333. The maximum atomic E-state index is 12.5. The Kier molecular flexibility index (Phi) is 17.5. The zero-order chi connectivity index (χ0) is 42.7. The van der Waals surface area contributed by atoms with Crippen LogP contribution in [0.3, 0.4) is 0 Å². The summed E-state index contributed by atoms with van der Waals surface area (Å²) in [5.74, 6) is 6.10. The average molecular weight is 849 g/mol. The van der Waals surface area contributed by atoms with Crippen molar-refractivity contribution in [3.05, 3.63) is 108 Å². The molecule has 4 amide bonds. The number of amides is 4. The summed E-state index contributed by atoms with van der Waals surface area (Å²) in [5, 5.41) is 5.10. The zero-order valence-electron chi connectivity index (χ0n) is 34.5. The number of carbonyl (C=O) groups is 4. The highest BCUT2D eigenvalue weighted by atomic mass is 32.1. The summed E-state index contributed by atoms with van der Waals surface area (Å²) in [6.07, 6.45) is 11.8. The van der Waals surface area contributed by atoms with Gasteiger partial charge >= 0.3 is 6.09 Å². The number of nitrogens with one attached hydrogen (secondary N) is 4. The molecule has 2 saturated heterocycles. The van der Waals surface area contributed by atoms with E-state index in [4.69, 9.17) is 0 Å². The number of thiophene rings is 2. The van der Waals surface area contributed by atoms with Crippen LogP contribution in [0.5, 0.6) is 0 Å². The van der Waals surface area contributed by atoms with Gasteiger partial charge in [-0.05, 0) is 66.3 Å². The molecule has 4 N–H and O–H groups in total. The van der Waals surface area contributed by atoms with Crippen LogP contribution in [0.4, 0.5) is 4.79 Å². The second-order valence-corrected chi connectivity index (χ2v) is 16.1. The molecule has 0 saturated carbocycles. The first-order valence-corrected chi connectivity index (χ1v) is 21.7. The third-order valence-electron chi connectivity index (χ3n) is 9.20. The summed E-state index contributed by atoms with van der Waals surface area (Å²) in [6.45, 7) is 9.01. The minimum atomic E-state index is -0.674. The molecule has 0 radical (unpaired) electrons. The Balaban J connectivity index is 0.000000177. The fourth-order valence-corrected chi connectivity index (χ4v) is 8.48. The summed E-state index contributed by atoms with van der Waals surface area (Å²) in [7, 11) is 1.29. The molecule has 8 rings (SSSR count). The van der Waals surface area contributed by atoms with Gasteiger partial charge in [0.15, 0.2) is 0 Å². The minimum Gasteiger partial charge on any atom is -0.453 e. The first-order chi connectivity index (χ1) is 29.2. The van der Waals surface area contributed by atoms with Crippen LogP contribution in [-0.2, 0) is 19.1 Å². The molecule has 2 aliphatic rings. The van der Waals surface area contributed by atoms with Gasteiger partial charge in [-0.15, -0.1) is 22.7 Å². The van der Waals surface area contributed by atoms with Gasteiger partial charge in [0.05, 0.1) is 49.3 Å². The van der Waals surface area contributed by atoms with Crippen LogP contribution < -0.4 is 10.6 Å². The quantitative estimate of drug-likeness (QED) is 0.118. The number of fused-ring (bicyclic) bond motifs is 1. The Morgan fingerprint density at radius 1 is 0.800 bits per heavy atom. The number of aromatic nitrogens is 4. The number of ether oxygens (including phenoxy) is 1. The van der Waals surface area contributed by atoms with E-state index in [0.29, 0.717) is 0 Å². The molecule has 0 aliphatic carbocycles. The van der Waals surface area contributed by atoms with Crippen molar-refractivity contribution in [1.82, 2.24) is 40.4 Å². The van der Waals surface area contributed by atoms with Crippen LogP contribution in [0.2, 0.25) is 0 Å². The van der Waals surface area contributed by atoms with E-state index in [-0.39, 0.29) is 24.3 Å². The molecule has 4 aromatic heterocycles. The highest BCUT2D eigenvalue weighted by Gasteiger charge is 2.29. The van der Waals surface area contributed by atoms with Crippen molar-refractivity contribution in [1.29, 1.82) is 0 Å². The second kappa shape index (κ2) is 23.4. The van der Waals surface area contributed by atoms with Crippen LogP contribution in [-0.4, -0.2) is 93.4 Å². The summed E-state index contributed by atoms with van der Waals surface area (Å²) < 4.78 is 7.14. The first-order valence-electron chi connectivity index (χ1n) is 20.0. The highest BCUT2D eigenvalue weighted by molar-refractivity contribution is 7.29. The number of benzene rings is 2. The molecular weight excluding hydrogens is 797 g/mol. The smallest absolute Gasteiger partial charge is 0.407 e.